The second kappa shape index (κ2) is 4.30. The molecule has 0 saturated carbocycles. The van der Waals surface area contributed by atoms with Crippen LogP contribution in [0.2, 0.25) is 0 Å². The fourth-order valence-electron chi connectivity index (χ4n) is 2.47. The number of hydrogen-bond acceptors (Lipinski definition) is 4. The minimum absolute atomic E-state index is 0. The Hall–Kier alpha value is -1.28. The number of rotatable bonds is 0. The summed E-state index contributed by atoms with van der Waals surface area (Å²) >= 11 is 0. The van der Waals surface area contributed by atoms with Crippen LogP contribution < -0.4 is 0 Å². The summed E-state index contributed by atoms with van der Waals surface area (Å²) in [7, 11) is 1.83. The van der Waals surface area contributed by atoms with E-state index in [9.17, 15) is 4.79 Å². The van der Waals surface area contributed by atoms with Crippen LogP contribution in [0, 0.1) is 11.5 Å². The minimum Gasteiger partial charge on any atom is -0.343 e. The van der Waals surface area contributed by atoms with Gasteiger partial charge in [0.1, 0.15) is 5.54 Å². The maximum Gasteiger partial charge on any atom is 0.244 e. The number of piperazine rings is 2. The quantitative estimate of drug-likeness (QED) is 0.541. The van der Waals surface area contributed by atoms with E-state index in [1.54, 1.807) is 9.80 Å². The molecule has 2 fully saturated rings. The lowest BCUT2D eigenvalue weighted by Crippen LogP contribution is -2.70. The van der Waals surface area contributed by atoms with Crippen molar-refractivity contribution < 1.29 is 4.79 Å². The lowest BCUT2D eigenvalue weighted by Gasteiger charge is -2.51. The molecule has 0 aromatic carbocycles. The van der Waals surface area contributed by atoms with Crippen molar-refractivity contribution >= 4 is 5.91 Å². The average molecular weight is 224 g/mol. The van der Waals surface area contributed by atoms with Crippen molar-refractivity contribution in [2.75, 3.05) is 39.8 Å². The number of likely N-dealkylation sites (N-methyl/N-ethyl adjacent to an activating group) is 1. The maximum absolute atomic E-state index is 12.1. The molecule has 2 aliphatic rings. The monoisotopic (exact) mass is 224 g/mol. The van der Waals surface area contributed by atoms with E-state index in [0.717, 1.165) is 26.2 Å². The normalized spacial score (nSPS) is 30.4. The molecule has 1 unspecified atom stereocenters. The summed E-state index contributed by atoms with van der Waals surface area (Å²) in [6, 6.07) is 0. The highest BCUT2D eigenvalue weighted by Gasteiger charge is 2.47. The zero-order chi connectivity index (χ0) is 11.1. The maximum atomic E-state index is 12.1. The van der Waals surface area contributed by atoms with Crippen LogP contribution in [0.25, 0.3) is 0 Å². The number of nitrogens with zero attached hydrogens (tertiary/aromatic N) is 4. The summed E-state index contributed by atoms with van der Waals surface area (Å²) in [5, 5.41) is 8.88. The third-order valence-corrected chi connectivity index (χ3v) is 3.49. The first kappa shape index (κ1) is 12.8. The lowest BCUT2D eigenvalue weighted by molar-refractivity contribution is -0.152. The van der Waals surface area contributed by atoms with Crippen molar-refractivity contribution in [3.05, 3.63) is 0 Å². The molecule has 2 heterocycles. The Labute approximate surface area is 97.2 Å². The van der Waals surface area contributed by atoms with Gasteiger partial charge in [0.2, 0.25) is 5.91 Å². The molecule has 90 valence electrons. The van der Waals surface area contributed by atoms with Gasteiger partial charge in [-0.1, -0.05) is 7.43 Å². The molecule has 2 rings (SSSR count). The van der Waals surface area contributed by atoms with Crippen LogP contribution in [-0.4, -0.2) is 65.9 Å². The van der Waals surface area contributed by atoms with Crippen LogP contribution in [0.15, 0.2) is 0 Å². The highest BCUT2D eigenvalue weighted by atomic mass is 16.2. The van der Waals surface area contributed by atoms with Crippen LogP contribution >= 0.6 is 0 Å². The largest absolute Gasteiger partial charge is 0.343 e. The zero-order valence-electron chi connectivity index (χ0n) is 9.23. The molecule has 1 amide bonds. The van der Waals surface area contributed by atoms with Crippen LogP contribution in [0.3, 0.4) is 0 Å². The number of carbonyl (C=O) groups excluding carboxylic acids is 1. The lowest BCUT2D eigenvalue weighted by atomic mass is 9.92. The minimum atomic E-state index is -0.499. The second-order valence-electron chi connectivity index (χ2n) is 4.51. The van der Waals surface area contributed by atoms with Gasteiger partial charge in [0, 0.05) is 33.2 Å². The first-order chi connectivity index (χ1) is 7.08. The third kappa shape index (κ3) is 1.74. The molecule has 1 atom stereocenters. The van der Waals surface area contributed by atoms with Crippen molar-refractivity contribution in [3.8, 4) is 6.19 Å². The summed E-state index contributed by atoms with van der Waals surface area (Å²) in [5.41, 5.74) is -0.499. The van der Waals surface area contributed by atoms with Gasteiger partial charge >= 0.3 is 0 Å². The first-order valence-corrected chi connectivity index (χ1v) is 5.23. The fourth-order valence-corrected chi connectivity index (χ4v) is 2.47. The number of nitriles is 1. The second-order valence-corrected chi connectivity index (χ2v) is 4.51. The van der Waals surface area contributed by atoms with Gasteiger partial charge < -0.3 is 9.80 Å². The third-order valence-electron chi connectivity index (χ3n) is 3.49. The van der Waals surface area contributed by atoms with E-state index in [1.165, 1.54) is 0 Å². The molecule has 0 aliphatic carbocycles. The van der Waals surface area contributed by atoms with Gasteiger partial charge in [0.15, 0.2) is 6.19 Å². The molecular formula is C11H20N4O. The van der Waals surface area contributed by atoms with Crippen molar-refractivity contribution in [1.29, 1.82) is 5.26 Å². The Bertz CT molecular complexity index is 324. The summed E-state index contributed by atoms with van der Waals surface area (Å²) in [6.07, 6.45) is 2.13. The Morgan fingerprint density at radius 1 is 1.31 bits per heavy atom. The highest BCUT2D eigenvalue weighted by molar-refractivity contribution is 5.87. The molecule has 0 aromatic rings. The van der Waals surface area contributed by atoms with E-state index in [4.69, 9.17) is 5.26 Å². The van der Waals surface area contributed by atoms with E-state index < -0.39 is 5.54 Å². The summed E-state index contributed by atoms with van der Waals surface area (Å²) in [4.78, 5) is 17.7. The SMILES string of the molecule is C.CN1CCN2CCN(C#N)CC2(C)C1=O. The van der Waals surface area contributed by atoms with Crippen molar-refractivity contribution in [1.82, 2.24) is 14.7 Å². The van der Waals surface area contributed by atoms with Crippen molar-refractivity contribution in [2.24, 2.45) is 0 Å². The molecule has 5 heteroatoms. The first-order valence-electron chi connectivity index (χ1n) is 5.23. The molecule has 2 aliphatic heterocycles. The molecule has 5 nitrogen and oxygen atoms in total. The van der Waals surface area contributed by atoms with Crippen LogP contribution in [-0.2, 0) is 4.79 Å². The van der Waals surface area contributed by atoms with Gasteiger partial charge in [-0.2, -0.15) is 5.26 Å². The molecule has 0 spiro atoms. The van der Waals surface area contributed by atoms with Crippen LogP contribution in [0.5, 0.6) is 0 Å². The van der Waals surface area contributed by atoms with E-state index in [1.807, 2.05) is 14.0 Å². The smallest absolute Gasteiger partial charge is 0.244 e. The highest BCUT2D eigenvalue weighted by Crippen LogP contribution is 2.26. The zero-order valence-corrected chi connectivity index (χ0v) is 9.23. The van der Waals surface area contributed by atoms with Crippen LogP contribution in [0.1, 0.15) is 14.4 Å². The average Bonchev–Trinajstić information content (AvgIpc) is 2.24. The van der Waals surface area contributed by atoms with Crippen LogP contribution in [0.4, 0.5) is 0 Å². The molecule has 0 bridgehead atoms. The molecular weight excluding hydrogens is 204 g/mol. The van der Waals surface area contributed by atoms with E-state index >= 15 is 0 Å². The number of amides is 1. The Kier molecular flexibility index (Phi) is 3.44. The van der Waals surface area contributed by atoms with Gasteiger partial charge in [0.05, 0.1) is 6.54 Å². The Morgan fingerprint density at radius 2 is 1.94 bits per heavy atom. The standard InChI is InChI=1S/C10H16N4O.CH4/c1-10-7-13(8-11)4-6-14(10)5-3-12(2)9(10)15;/h3-7H2,1-2H3;1H4. The van der Waals surface area contributed by atoms with E-state index in [0.29, 0.717) is 6.54 Å². The van der Waals surface area contributed by atoms with Gasteiger partial charge in [-0.25, -0.2) is 0 Å². The predicted octanol–water partition coefficient (Wildman–Crippen LogP) is -0.0481. The number of fused-ring (bicyclic) bond motifs is 1. The number of hydrogen-bond donors (Lipinski definition) is 0. The van der Waals surface area contributed by atoms with E-state index in [-0.39, 0.29) is 13.3 Å². The number of carbonyl (C=O) groups is 1. The van der Waals surface area contributed by atoms with Crippen molar-refractivity contribution in [2.45, 2.75) is 19.9 Å². The van der Waals surface area contributed by atoms with Gasteiger partial charge in [-0.05, 0) is 6.92 Å². The Morgan fingerprint density at radius 3 is 2.56 bits per heavy atom. The fraction of sp³-hybridized carbons (Fsp3) is 0.818. The van der Waals surface area contributed by atoms with E-state index in [2.05, 4.69) is 11.1 Å². The van der Waals surface area contributed by atoms with Gasteiger partial charge in [0.25, 0.3) is 0 Å². The summed E-state index contributed by atoms with van der Waals surface area (Å²) < 4.78 is 0. The molecule has 0 radical (unpaired) electrons. The topological polar surface area (TPSA) is 50.6 Å². The summed E-state index contributed by atoms with van der Waals surface area (Å²) in [6.45, 7) is 5.72. The van der Waals surface area contributed by atoms with Crippen molar-refractivity contribution in [3.63, 3.8) is 0 Å². The molecule has 2 saturated heterocycles. The Balaban J connectivity index is 0.00000128. The molecule has 16 heavy (non-hydrogen) atoms. The summed E-state index contributed by atoms with van der Waals surface area (Å²) in [5.74, 6) is 0.133. The van der Waals surface area contributed by atoms with Gasteiger partial charge in [-0.15, -0.1) is 0 Å². The van der Waals surface area contributed by atoms with Gasteiger partial charge in [-0.3, -0.25) is 9.69 Å². The molecule has 0 N–H and O–H groups in total. The predicted molar refractivity (Wildman–Crippen MR) is 61.5 cm³/mol. The molecule has 0 aromatic heterocycles.